The van der Waals surface area contributed by atoms with Crippen molar-refractivity contribution < 1.29 is 23.1 Å². The number of anilines is 1. The van der Waals surface area contributed by atoms with E-state index >= 15 is 0 Å². The largest absolute Gasteiger partial charge is 0.494 e. The Hall–Kier alpha value is -4.07. The van der Waals surface area contributed by atoms with Crippen LogP contribution in [0.5, 0.6) is 11.5 Å². The number of rotatable bonds is 9. The third kappa shape index (κ3) is 5.34. The molecule has 0 unspecified atom stereocenters. The van der Waals surface area contributed by atoms with Crippen molar-refractivity contribution in [2.45, 2.75) is 20.1 Å². The third-order valence-electron chi connectivity index (χ3n) is 4.58. The van der Waals surface area contributed by atoms with E-state index in [1.54, 1.807) is 53.3 Å². The molecular formula is C24H22FN3O4. The molecule has 0 fully saturated rings. The molecule has 2 aromatic heterocycles. The number of furan rings is 1. The fraction of sp³-hybridized carbons (Fsp3) is 0.167. The lowest BCUT2D eigenvalue weighted by atomic mass is 10.2. The second-order valence-corrected chi connectivity index (χ2v) is 6.93. The zero-order chi connectivity index (χ0) is 22.3. The van der Waals surface area contributed by atoms with Crippen LogP contribution in [0.4, 0.5) is 10.1 Å². The van der Waals surface area contributed by atoms with E-state index in [-0.39, 0.29) is 24.7 Å². The summed E-state index contributed by atoms with van der Waals surface area (Å²) < 4.78 is 32.0. The van der Waals surface area contributed by atoms with Crippen LogP contribution in [0, 0.1) is 5.82 Å². The molecule has 32 heavy (non-hydrogen) atoms. The van der Waals surface area contributed by atoms with Crippen molar-refractivity contribution in [2.24, 2.45) is 0 Å². The van der Waals surface area contributed by atoms with E-state index in [0.717, 1.165) is 5.75 Å². The van der Waals surface area contributed by atoms with Gasteiger partial charge in [0.2, 0.25) is 0 Å². The van der Waals surface area contributed by atoms with Gasteiger partial charge in [0, 0.05) is 11.8 Å². The Bertz CT molecular complexity index is 1180. The molecule has 0 aliphatic heterocycles. The van der Waals surface area contributed by atoms with Crippen LogP contribution in [0.15, 0.2) is 77.5 Å². The summed E-state index contributed by atoms with van der Waals surface area (Å²) in [5, 5.41) is 6.88. The van der Waals surface area contributed by atoms with Crippen molar-refractivity contribution in [3.05, 3.63) is 96.0 Å². The zero-order valence-electron chi connectivity index (χ0n) is 17.5. The molecule has 0 spiro atoms. The van der Waals surface area contributed by atoms with Gasteiger partial charge in [0.1, 0.15) is 29.7 Å². The highest BCUT2D eigenvalue weighted by atomic mass is 19.1. The molecule has 1 amide bonds. The van der Waals surface area contributed by atoms with Gasteiger partial charge < -0.3 is 19.2 Å². The van der Waals surface area contributed by atoms with Gasteiger partial charge in [-0.2, -0.15) is 5.10 Å². The molecule has 8 heteroatoms. The summed E-state index contributed by atoms with van der Waals surface area (Å²) in [5.74, 6) is 1.38. The minimum atomic E-state index is -0.414. The molecule has 0 radical (unpaired) electrons. The Labute approximate surface area is 184 Å². The first-order valence-electron chi connectivity index (χ1n) is 10.1. The lowest BCUT2D eigenvalue weighted by Crippen LogP contribution is -2.10. The van der Waals surface area contributed by atoms with E-state index < -0.39 is 5.91 Å². The fourth-order valence-electron chi connectivity index (χ4n) is 3.04. The van der Waals surface area contributed by atoms with E-state index in [0.29, 0.717) is 29.4 Å². The minimum Gasteiger partial charge on any atom is -0.494 e. The van der Waals surface area contributed by atoms with E-state index in [9.17, 15) is 9.18 Å². The number of hydrogen-bond donors (Lipinski definition) is 1. The van der Waals surface area contributed by atoms with Gasteiger partial charge in [-0.25, -0.2) is 4.39 Å². The summed E-state index contributed by atoms with van der Waals surface area (Å²) in [4.78, 5) is 12.5. The van der Waals surface area contributed by atoms with Crippen LogP contribution in [0.25, 0.3) is 0 Å². The van der Waals surface area contributed by atoms with Crippen molar-refractivity contribution >= 4 is 11.6 Å². The molecule has 0 saturated carbocycles. The van der Waals surface area contributed by atoms with Crippen molar-refractivity contribution in [3.63, 3.8) is 0 Å². The highest BCUT2D eigenvalue weighted by Gasteiger charge is 2.13. The Morgan fingerprint density at radius 1 is 1.06 bits per heavy atom. The first-order valence-corrected chi connectivity index (χ1v) is 10.1. The van der Waals surface area contributed by atoms with Gasteiger partial charge in [-0.3, -0.25) is 9.48 Å². The van der Waals surface area contributed by atoms with Gasteiger partial charge in [-0.05, 0) is 49.4 Å². The molecule has 0 aliphatic carbocycles. The Morgan fingerprint density at radius 2 is 1.81 bits per heavy atom. The smallest absolute Gasteiger partial charge is 0.291 e. The van der Waals surface area contributed by atoms with Crippen molar-refractivity contribution in [1.82, 2.24) is 9.78 Å². The Morgan fingerprint density at radius 3 is 2.56 bits per heavy atom. The topological polar surface area (TPSA) is 78.5 Å². The highest BCUT2D eigenvalue weighted by Crippen LogP contribution is 2.20. The van der Waals surface area contributed by atoms with Crippen molar-refractivity contribution in [1.29, 1.82) is 0 Å². The summed E-state index contributed by atoms with van der Waals surface area (Å²) in [6.45, 7) is 2.97. The number of hydrogen-bond acceptors (Lipinski definition) is 5. The molecule has 164 valence electrons. The molecule has 0 bridgehead atoms. The van der Waals surface area contributed by atoms with Crippen LogP contribution in [0.1, 0.15) is 28.8 Å². The summed E-state index contributed by atoms with van der Waals surface area (Å²) in [6.07, 6.45) is 3.13. The fourth-order valence-corrected chi connectivity index (χ4v) is 3.04. The Kier molecular flexibility index (Phi) is 6.50. The number of benzene rings is 2. The average Bonchev–Trinajstić information content (AvgIpc) is 3.45. The number of amides is 1. The van der Waals surface area contributed by atoms with Crippen LogP contribution < -0.4 is 14.8 Å². The molecule has 0 saturated heterocycles. The van der Waals surface area contributed by atoms with Gasteiger partial charge in [0.15, 0.2) is 5.76 Å². The van der Waals surface area contributed by atoms with Gasteiger partial charge in [0.25, 0.3) is 5.91 Å². The van der Waals surface area contributed by atoms with Gasteiger partial charge in [0.05, 0.1) is 25.0 Å². The molecule has 7 nitrogen and oxygen atoms in total. The molecule has 2 heterocycles. The van der Waals surface area contributed by atoms with E-state index in [2.05, 4.69) is 10.4 Å². The lowest BCUT2D eigenvalue weighted by molar-refractivity contribution is 0.0992. The normalized spacial score (nSPS) is 10.7. The summed E-state index contributed by atoms with van der Waals surface area (Å²) in [7, 11) is 0. The number of aromatic nitrogens is 2. The monoisotopic (exact) mass is 435 g/mol. The maximum absolute atomic E-state index is 13.8. The zero-order valence-corrected chi connectivity index (χ0v) is 17.5. The van der Waals surface area contributed by atoms with Gasteiger partial charge in [-0.1, -0.05) is 18.2 Å². The number of carbonyl (C=O) groups is 1. The highest BCUT2D eigenvalue weighted by molar-refractivity contribution is 6.02. The summed E-state index contributed by atoms with van der Waals surface area (Å²) in [6, 6.07) is 17.0. The predicted molar refractivity (Wildman–Crippen MR) is 116 cm³/mol. The van der Waals surface area contributed by atoms with Crippen LogP contribution in [-0.2, 0) is 13.2 Å². The first kappa shape index (κ1) is 21.2. The SMILES string of the molecule is CCOc1ccc(OCc2ccc(C(=O)Nc3cnn(Cc4ccccc4F)c3)o2)cc1. The summed E-state index contributed by atoms with van der Waals surface area (Å²) >= 11 is 0. The second kappa shape index (κ2) is 9.82. The Balaban J connectivity index is 1.31. The van der Waals surface area contributed by atoms with E-state index in [4.69, 9.17) is 13.9 Å². The molecule has 4 rings (SSSR count). The number of carbonyl (C=O) groups excluding carboxylic acids is 1. The molecule has 2 aromatic carbocycles. The van der Waals surface area contributed by atoms with Crippen LogP contribution in [0.3, 0.4) is 0 Å². The number of nitrogens with zero attached hydrogens (tertiary/aromatic N) is 2. The maximum atomic E-state index is 13.8. The molecule has 4 aromatic rings. The lowest BCUT2D eigenvalue weighted by Gasteiger charge is -2.06. The summed E-state index contributed by atoms with van der Waals surface area (Å²) in [5.41, 5.74) is 0.992. The molecule has 1 N–H and O–H groups in total. The third-order valence-corrected chi connectivity index (χ3v) is 4.58. The van der Waals surface area contributed by atoms with Crippen molar-refractivity contribution in [2.75, 3.05) is 11.9 Å². The van der Waals surface area contributed by atoms with Crippen LogP contribution in [-0.4, -0.2) is 22.3 Å². The number of nitrogens with one attached hydrogen (secondary N) is 1. The second-order valence-electron chi connectivity index (χ2n) is 6.93. The number of halogens is 1. The molecular weight excluding hydrogens is 413 g/mol. The predicted octanol–water partition coefficient (Wildman–Crippen LogP) is 4.89. The minimum absolute atomic E-state index is 0.150. The maximum Gasteiger partial charge on any atom is 0.291 e. The van der Waals surface area contributed by atoms with E-state index in [1.165, 1.54) is 12.3 Å². The standard InChI is InChI=1S/C24H22FN3O4/c1-2-30-19-7-9-20(10-8-19)31-16-21-11-12-23(32-21)24(29)27-18-13-26-28(15-18)14-17-5-3-4-6-22(17)25/h3-13,15H,2,14,16H2,1H3,(H,27,29). The quantitative estimate of drug-likeness (QED) is 0.405. The van der Waals surface area contributed by atoms with Crippen LogP contribution >= 0.6 is 0 Å². The number of ether oxygens (including phenoxy) is 2. The first-order chi connectivity index (χ1) is 15.6. The van der Waals surface area contributed by atoms with E-state index in [1.807, 2.05) is 19.1 Å². The van der Waals surface area contributed by atoms with Crippen molar-refractivity contribution in [3.8, 4) is 11.5 Å². The van der Waals surface area contributed by atoms with Crippen LogP contribution in [0.2, 0.25) is 0 Å². The average molecular weight is 435 g/mol. The molecule has 0 aliphatic rings. The van der Waals surface area contributed by atoms with Gasteiger partial charge >= 0.3 is 0 Å². The van der Waals surface area contributed by atoms with Gasteiger partial charge in [-0.15, -0.1) is 0 Å². The molecule has 0 atom stereocenters.